The molecule has 4 heteroatoms. The van der Waals surface area contributed by atoms with Crippen LogP contribution >= 0.6 is 0 Å². The van der Waals surface area contributed by atoms with Crippen LogP contribution in [-0.4, -0.2) is 9.97 Å². The average molecular weight is 265 g/mol. The summed E-state index contributed by atoms with van der Waals surface area (Å²) in [6, 6.07) is 11.8. The third-order valence-electron chi connectivity index (χ3n) is 3.06. The highest BCUT2D eigenvalue weighted by Crippen LogP contribution is 2.28. The molecule has 0 saturated heterocycles. The maximum atomic E-state index is 5.91. The summed E-state index contributed by atoms with van der Waals surface area (Å²) in [7, 11) is 0. The second-order valence-electron chi connectivity index (χ2n) is 4.62. The summed E-state index contributed by atoms with van der Waals surface area (Å²) in [4.78, 5) is 8.67. The molecule has 3 rings (SSSR count). The van der Waals surface area contributed by atoms with Gasteiger partial charge in [-0.15, -0.1) is 0 Å². The first-order valence-corrected chi connectivity index (χ1v) is 6.44. The Kier molecular flexibility index (Phi) is 3.31. The number of aryl methyl sites for hydroxylation is 1. The summed E-state index contributed by atoms with van der Waals surface area (Å²) >= 11 is 0. The number of para-hydroxylation sites is 1. The lowest BCUT2D eigenvalue weighted by molar-refractivity contribution is 0.484. The van der Waals surface area contributed by atoms with Gasteiger partial charge in [-0.25, -0.2) is 4.98 Å². The second kappa shape index (κ2) is 5.27. The van der Waals surface area contributed by atoms with Gasteiger partial charge in [0, 0.05) is 23.8 Å². The summed E-state index contributed by atoms with van der Waals surface area (Å²) in [5, 5.41) is 1.05. The molecule has 3 aromatic rings. The van der Waals surface area contributed by atoms with Crippen molar-refractivity contribution in [3.8, 4) is 11.5 Å². The van der Waals surface area contributed by atoms with Crippen molar-refractivity contribution in [2.75, 3.05) is 0 Å². The Morgan fingerprint density at radius 3 is 2.90 bits per heavy atom. The predicted octanol–water partition coefficient (Wildman–Crippen LogP) is 3.19. The minimum absolute atomic E-state index is 0.442. The van der Waals surface area contributed by atoms with Gasteiger partial charge in [0.15, 0.2) is 5.75 Å². The van der Waals surface area contributed by atoms with E-state index in [4.69, 9.17) is 10.5 Å². The summed E-state index contributed by atoms with van der Waals surface area (Å²) in [5.41, 5.74) is 8.36. The molecule has 2 aromatic heterocycles. The standard InChI is InChI=1S/C16H15N3O/c1-11-5-6-13-3-2-4-15(16(13)19-11)20-14-7-12(8-17)9-18-10-14/h2-7,9-10H,8,17H2,1H3. The van der Waals surface area contributed by atoms with E-state index >= 15 is 0 Å². The van der Waals surface area contributed by atoms with Gasteiger partial charge in [-0.05, 0) is 30.7 Å². The van der Waals surface area contributed by atoms with Crippen molar-refractivity contribution in [3.63, 3.8) is 0 Å². The molecule has 100 valence electrons. The van der Waals surface area contributed by atoms with E-state index in [0.717, 1.165) is 27.9 Å². The van der Waals surface area contributed by atoms with Crippen molar-refractivity contribution in [2.24, 2.45) is 5.73 Å². The van der Waals surface area contributed by atoms with Crippen LogP contribution in [0.5, 0.6) is 11.5 Å². The fraction of sp³-hybridized carbons (Fsp3) is 0.125. The van der Waals surface area contributed by atoms with E-state index in [-0.39, 0.29) is 0 Å². The first-order valence-electron chi connectivity index (χ1n) is 6.44. The molecular weight excluding hydrogens is 250 g/mol. The van der Waals surface area contributed by atoms with Gasteiger partial charge in [-0.2, -0.15) is 0 Å². The third kappa shape index (κ3) is 2.46. The Morgan fingerprint density at radius 2 is 2.05 bits per heavy atom. The topological polar surface area (TPSA) is 61.0 Å². The van der Waals surface area contributed by atoms with Gasteiger partial charge in [-0.1, -0.05) is 18.2 Å². The smallest absolute Gasteiger partial charge is 0.153 e. The number of nitrogens with two attached hydrogens (primary N) is 1. The molecule has 0 unspecified atom stereocenters. The number of aromatic nitrogens is 2. The highest BCUT2D eigenvalue weighted by atomic mass is 16.5. The lowest BCUT2D eigenvalue weighted by Gasteiger charge is -2.09. The van der Waals surface area contributed by atoms with E-state index in [1.54, 1.807) is 12.4 Å². The number of ether oxygens (including phenoxy) is 1. The van der Waals surface area contributed by atoms with E-state index in [1.165, 1.54) is 0 Å². The molecule has 0 spiro atoms. The monoisotopic (exact) mass is 265 g/mol. The first-order chi connectivity index (χ1) is 9.76. The Labute approximate surface area is 117 Å². The summed E-state index contributed by atoms with van der Waals surface area (Å²) < 4.78 is 5.91. The predicted molar refractivity (Wildman–Crippen MR) is 78.7 cm³/mol. The molecule has 0 bridgehead atoms. The van der Waals surface area contributed by atoms with E-state index < -0.39 is 0 Å². The minimum atomic E-state index is 0.442. The van der Waals surface area contributed by atoms with Crippen LogP contribution in [0.15, 0.2) is 48.8 Å². The largest absolute Gasteiger partial charge is 0.453 e. The van der Waals surface area contributed by atoms with Gasteiger partial charge in [0.2, 0.25) is 0 Å². The van der Waals surface area contributed by atoms with Gasteiger partial charge in [0.1, 0.15) is 11.3 Å². The van der Waals surface area contributed by atoms with Crippen LogP contribution in [0, 0.1) is 6.92 Å². The molecule has 0 aliphatic carbocycles. The van der Waals surface area contributed by atoms with Crippen LogP contribution in [0.2, 0.25) is 0 Å². The molecule has 1 aromatic carbocycles. The van der Waals surface area contributed by atoms with Crippen LogP contribution in [0.3, 0.4) is 0 Å². The summed E-state index contributed by atoms with van der Waals surface area (Å²) in [5.74, 6) is 1.39. The van der Waals surface area contributed by atoms with Gasteiger partial charge in [0.25, 0.3) is 0 Å². The molecule has 0 aliphatic heterocycles. The minimum Gasteiger partial charge on any atom is -0.453 e. The Morgan fingerprint density at radius 1 is 1.15 bits per heavy atom. The SMILES string of the molecule is Cc1ccc2cccc(Oc3cncc(CN)c3)c2n1. The number of rotatable bonds is 3. The van der Waals surface area contributed by atoms with Gasteiger partial charge >= 0.3 is 0 Å². The van der Waals surface area contributed by atoms with E-state index in [1.807, 2.05) is 43.3 Å². The zero-order valence-corrected chi connectivity index (χ0v) is 11.2. The molecule has 0 aliphatic rings. The number of pyridine rings is 2. The van der Waals surface area contributed by atoms with E-state index in [2.05, 4.69) is 9.97 Å². The van der Waals surface area contributed by atoms with Crippen molar-refractivity contribution < 1.29 is 4.74 Å². The second-order valence-corrected chi connectivity index (χ2v) is 4.62. The van der Waals surface area contributed by atoms with Crippen molar-refractivity contribution in [3.05, 3.63) is 60.0 Å². The molecule has 0 fully saturated rings. The molecule has 0 amide bonds. The Bertz CT molecular complexity index is 756. The number of hydrogen-bond acceptors (Lipinski definition) is 4. The normalized spacial score (nSPS) is 10.7. The summed E-state index contributed by atoms with van der Waals surface area (Å²) in [6.45, 7) is 2.41. The van der Waals surface area contributed by atoms with Gasteiger partial charge in [-0.3, -0.25) is 4.98 Å². The lowest BCUT2D eigenvalue weighted by Crippen LogP contribution is -1.97. The average Bonchev–Trinajstić information content (AvgIpc) is 2.48. The molecule has 20 heavy (non-hydrogen) atoms. The van der Waals surface area contributed by atoms with E-state index in [9.17, 15) is 0 Å². The molecule has 2 N–H and O–H groups in total. The Hall–Kier alpha value is -2.46. The Balaban J connectivity index is 2.03. The van der Waals surface area contributed by atoms with Crippen LogP contribution in [0.4, 0.5) is 0 Å². The van der Waals surface area contributed by atoms with Gasteiger partial charge < -0.3 is 10.5 Å². The maximum Gasteiger partial charge on any atom is 0.153 e. The quantitative estimate of drug-likeness (QED) is 0.790. The van der Waals surface area contributed by atoms with Crippen LogP contribution in [-0.2, 0) is 6.54 Å². The van der Waals surface area contributed by atoms with Crippen LogP contribution in [0.25, 0.3) is 10.9 Å². The lowest BCUT2D eigenvalue weighted by atomic mass is 10.2. The van der Waals surface area contributed by atoms with Crippen molar-refractivity contribution >= 4 is 10.9 Å². The van der Waals surface area contributed by atoms with Gasteiger partial charge in [0.05, 0.1) is 6.20 Å². The molecule has 0 radical (unpaired) electrons. The molecule has 4 nitrogen and oxygen atoms in total. The highest BCUT2D eigenvalue weighted by Gasteiger charge is 2.06. The van der Waals surface area contributed by atoms with E-state index in [0.29, 0.717) is 12.3 Å². The fourth-order valence-corrected chi connectivity index (χ4v) is 2.06. The highest BCUT2D eigenvalue weighted by molar-refractivity contribution is 5.84. The molecule has 2 heterocycles. The van der Waals surface area contributed by atoms with Crippen molar-refractivity contribution in [1.29, 1.82) is 0 Å². The zero-order chi connectivity index (χ0) is 13.9. The maximum absolute atomic E-state index is 5.91. The number of fused-ring (bicyclic) bond motifs is 1. The molecule has 0 saturated carbocycles. The van der Waals surface area contributed by atoms with Crippen molar-refractivity contribution in [2.45, 2.75) is 13.5 Å². The number of hydrogen-bond donors (Lipinski definition) is 1. The zero-order valence-electron chi connectivity index (χ0n) is 11.2. The fourth-order valence-electron chi connectivity index (χ4n) is 2.06. The number of benzene rings is 1. The van der Waals surface area contributed by atoms with Crippen LogP contribution in [0.1, 0.15) is 11.3 Å². The van der Waals surface area contributed by atoms with Crippen LogP contribution < -0.4 is 10.5 Å². The molecular formula is C16H15N3O. The first kappa shape index (κ1) is 12.6. The third-order valence-corrected chi connectivity index (χ3v) is 3.06. The number of nitrogens with zero attached hydrogens (tertiary/aromatic N) is 2. The summed E-state index contributed by atoms with van der Waals surface area (Å²) in [6.07, 6.45) is 3.41. The van der Waals surface area contributed by atoms with Crippen molar-refractivity contribution in [1.82, 2.24) is 9.97 Å². The molecule has 0 atom stereocenters.